The lowest BCUT2D eigenvalue weighted by Gasteiger charge is -2.00. The number of nitrogens with zero attached hydrogens (tertiary/aromatic N) is 2. The molecule has 2 heterocycles. The highest BCUT2D eigenvalue weighted by Crippen LogP contribution is 2.21. The van der Waals surface area contributed by atoms with Gasteiger partial charge in [0.05, 0.1) is 18.4 Å². The van der Waals surface area contributed by atoms with Gasteiger partial charge in [-0.3, -0.25) is 0 Å². The number of rotatable bonds is 2. The van der Waals surface area contributed by atoms with Gasteiger partial charge in [-0.1, -0.05) is 28.1 Å². The molecule has 2 aromatic heterocycles. The molecule has 0 aliphatic rings. The molecule has 0 amide bonds. The normalized spacial score (nSPS) is 10.7. The molecular weight excluding hydrogens is 320 g/mol. The quantitative estimate of drug-likeness (QED) is 0.675. The Bertz CT molecular complexity index is 778. The highest BCUT2D eigenvalue weighted by Gasteiger charge is 2.08. The molecule has 0 fully saturated rings. The van der Waals surface area contributed by atoms with Crippen LogP contribution < -0.4 is 0 Å². The number of carbonyl (C=O) groups is 1. The molecule has 0 bridgehead atoms. The molecule has 3 rings (SSSR count). The maximum Gasteiger partial charge on any atom is 0.337 e. The van der Waals surface area contributed by atoms with E-state index in [2.05, 4.69) is 25.7 Å². The van der Waals surface area contributed by atoms with Crippen molar-refractivity contribution < 1.29 is 9.53 Å². The third-order valence-electron chi connectivity index (χ3n) is 3.02. The Kier molecular flexibility index (Phi) is 3.28. The van der Waals surface area contributed by atoms with E-state index in [0.717, 1.165) is 21.4 Å². The average Bonchev–Trinajstić information content (AvgIpc) is 2.89. The van der Waals surface area contributed by atoms with Crippen LogP contribution in [0.4, 0.5) is 0 Å². The van der Waals surface area contributed by atoms with Gasteiger partial charge in [0.15, 0.2) is 0 Å². The lowest BCUT2D eigenvalue weighted by Crippen LogP contribution is -2.00. The molecule has 0 spiro atoms. The van der Waals surface area contributed by atoms with Crippen molar-refractivity contribution in [1.82, 2.24) is 9.38 Å². The smallest absolute Gasteiger partial charge is 0.337 e. The summed E-state index contributed by atoms with van der Waals surface area (Å²) in [6.45, 7) is 0. The van der Waals surface area contributed by atoms with Crippen molar-refractivity contribution in [3.8, 4) is 11.3 Å². The van der Waals surface area contributed by atoms with E-state index < -0.39 is 0 Å². The van der Waals surface area contributed by atoms with Crippen molar-refractivity contribution >= 4 is 27.5 Å². The van der Waals surface area contributed by atoms with Gasteiger partial charge in [-0.05, 0) is 24.3 Å². The molecule has 1 aromatic carbocycles. The molecular formula is C15H11BrN2O2. The maximum absolute atomic E-state index is 11.4. The van der Waals surface area contributed by atoms with Crippen molar-refractivity contribution in [3.05, 3.63) is 58.8 Å². The Balaban J connectivity index is 2.00. The summed E-state index contributed by atoms with van der Waals surface area (Å²) >= 11 is 3.43. The maximum atomic E-state index is 11.4. The minimum Gasteiger partial charge on any atom is -0.465 e. The molecule has 3 aromatic rings. The number of hydrogen-bond donors (Lipinski definition) is 0. The summed E-state index contributed by atoms with van der Waals surface area (Å²) in [6.07, 6.45) is 3.90. The molecule has 4 nitrogen and oxygen atoms in total. The van der Waals surface area contributed by atoms with Crippen molar-refractivity contribution in [1.29, 1.82) is 0 Å². The van der Waals surface area contributed by atoms with Gasteiger partial charge in [0.2, 0.25) is 0 Å². The molecule has 0 saturated heterocycles. The van der Waals surface area contributed by atoms with Gasteiger partial charge in [0, 0.05) is 22.4 Å². The van der Waals surface area contributed by atoms with Gasteiger partial charge in [-0.2, -0.15) is 0 Å². The van der Waals surface area contributed by atoms with Crippen LogP contribution in [0.2, 0.25) is 0 Å². The fourth-order valence-corrected chi connectivity index (χ4v) is 2.31. The summed E-state index contributed by atoms with van der Waals surface area (Å²) in [5.74, 6) is -0.338. The number of halogens is 1. The summed E-state index contributed by atoms with van der Waals surface area (Å²) < 4.78 is 7.62. The molecule has 100 valence electrons. The summed E-state index contributed by atoms with van der Waals surface area (Å²) in [4.78, 5) is 15.9. The summed E-state index contributed by atoms with van der Waals surface area (Å²) in [5.41, 5.74) is 3.21. The number of methoxy groups -OCH3 is 1. The fourth-order valence-electron chi connectivity index (χ4n) is 1.99. The van der Waals surface area contributed by atoms with E-state index in [4.69, 9.17) is 0 Å². The monoisotopic (exact) mass is 330 g/mol. The second-order valence-corrected chi connectivity index (χ2v) is 5.22. The van der Waals surface area contributed by atoms with E-state index in [0.29, 0.717) is 5.56 Å². The Labute approximate surface area is 124 Å². The topological polar surface area (TPSA) is 43.6 Å². The molecule has 5 heteroatoms. The Morgan fingerprint density at radius 3 is 2.70 bits per heavy atom. The van der Waals surface area contributed by atoms with Crippen LogP contribution in [-0.4, -0.2) is 22.5 Å². The predicted octanol–water partition coefficient (Wildman–Crippen LogP) is 3.55. The first-order chi connectivity index (χ1) is 9.67. The van der Waals surface area contributed by atoms with Crippen LogP contribution in [0.25, 0.3) is 16.9 Å². The summed E-state index contributed by atoms with van der Waals surface area (Å²) in [5, 5.41) is 0. The van der Waals surface area contributed by atoms with Crippen LogP contribution in [0.5, 0.6) is 0 Å². The molecule has 20 heavy (non-hydrogen) atoms. The highest BCUT2D eigenvalue weighted by molar-refractivity contribution is 9.10. The Morgan fingerprint density at radius 1 is 1.25 bits per heavy atom. The minimum atomic E-state index is -0.338. The molecule has 0 unspecified atom stereocenters. The van der Waals surface area contributed by atoms with E-state index >= 15 is 0 Å². The zero-order valence-corrected chi connectivity index (χ0v) is 12.3. The van der Waals surface area contributed by atoms with Gasteiger partial charge in [0.1, 0.15) is 5.65 Å². The van der Waals surface area contributed by atoms with Crippen LogP contribution in [0.3, 0.4) is 0 Å². The minimum absolute atomic E-state index is 0.338. The van der Waals surface area contributed by atoms with Gasteiger partial charge in [-0.25, -0.2) is 9.78 Å². The van der Waals surface area contributed by atoms with Gasteiger partial charge >= 0.3 is 5.97 Å². The van der Waals surface area contributed by atoms with Crippen molar-refractivity contribution in [2.45, 2.75) is 0 Å². The van der Waals surface area contributed by atoms with E-state index in [1.807, 2.05) is 41.1 Å². The van der Waals surface area contributed by atoms with Crippen LogP contribution in [0.15, 0.2) is 53.3 Å². The van der Waals surface area contributed by atoms with E-state index in [1.165, 1.54) is 7.11 Å². The van der Waals surface area contributed by atoms with Crippen LogP contribution in [0.1, 0.15) is 10.4 Å². The van der Waals surface area contributed by atoms with Gasteiger partial charge < -0.3 is 9.14 Å². The molecule has 0 radical (unpaired) electrons. The first-order valence-corrected chi connectivity index (χ1v) is 6.80. The predicted molar refractivity (Wildman–Crippen MR) is 79.7 cm³/mol. The van der Waals surface area contributed by atoms with Crippen molar-refractivity contribution in [3.63, 3.8) is 0 Å². The van der Waals surface area contributed by atoms with Crippen molar-refractivity contribution in [2.75, 3.05) is 7.11 Å². The number of pyridine rings is 1. The number of esters is 1. The first kappa shape index (κ1) is 12.9. The Morgan fingerprint density at radius 2 is 2.00 bits per heavy atom. The third kappa shape index (κ3) is 2.32. The number of ether oxygens (including phenoxy) is 1. The summed E-state index contributed by atoms with van der Waals surface area (Å²) in [7, 11) is 1.37. The second kappa shape index (κ2) is 5.09. The number of carbonyl (C=O) groups excluding carboxylic acids is 1. The molecule has 0 atom stereocenters. The van der Waals surface area contributed by atoms with E-state index in [9.17, 15) is 4.79 Å². The van der Waals surface area contributed by atoms with Crippen LogP contribution in [0, 0.1) is 0 Å². The number of fused-ring (bicyclic) bond motifs is 1. The molecule has 0 N–H and O–H groups in total. The Hall–Kier alpha value is -2.14. The SMILES string of the molecule is COC(=O)c1ccc(-c2cn3ccc(Br)cc3n2)cc1. The summed E-state index contributed by atoms with van der Waals surface area (Å²) in [6, 6.07) is 11.1. The number of benzene rings is 1. The second-order valence-electron chi connectivity index (χ2n) is 4.31. The molecule has 0 aliphatic heterocycles. The third-order valence-corrected chi connectivity index (χ3v) is 3.52. The average molecular weight is 331 g/mol. The van der Waals surface area contributed by atoms with Gasteiger partial charge in [-0.15, -0.1) is 0 Å². The largest absolute Gasteiger partial charge is 0.465 e. The molecule has 0 saturated carbocycles. The zero-order valence-electron chi connectivity index (χ0n) is 10.7. The van der Waals surface area contributed by atoms with E-state index in [-0.39, 0.29) is 5.97 Å². The first-order valence-electron chi connectivity index (χ1n) is 6.00. The fraction of sp³-hybridized carbons (Fsp3) is 0.0667. The lowest BCUT2D eigenvalue weighted by molar-refractivity contribution is 0.0601. The highest BCUT2D eigenvalue weighted by atomic mass is 79.9. The number of hydrogen-bond acceptors (Lipinski definition) is 3. The molecule has 0 aliphatic carbocycles. The van der Waals surface area contributed by atoms with E-state index in [1.54, 1.807) is 12.1 Å². The van der Waals surface area contributed by atoms with Crippen LogP contribution >= 0.6 is 15.9 Å². The zero-order chi connectivity index (χ0) is 14.1. The van der Waals surface area contributed by atoms with Crippen LogP contribution in [-0.2, 0) is 4.74 Å². The van der Waals surface area contributed by atoms with Crippen molar-refractivity contribution in [2.24, 2.45) is 0 Å². The standard InChI is InChI=1S/C15H11BrN2O2/c1-20-15(19)11-4-2-10(3-5-11)13-9-18-7-6-12(16)8-14(18)17-13/h2-9H,1H3. The van der Waals surface area contributed by atoms with Gasteiger partial charge in [0.25, 0.3) is 0 Å². The number of aromatic nitrogens is 2. The number of imidazole rings is 1. The lowest BCUT2D eigenvalue weighted by atomic mass is 10.1.